The second kappa shape index (κ2) is 6.80. The maximum atomic E-state index is 12.7. The van der Waals surface area contributed by atoms with E-state index < -0.39 is 0 Å². The molecule has 6 heteroatoms. The number of hydrogen-bond donors (Lipinski definition) is 1. The van der Waals surface area contributed by atoms with Crippen molar-refractivity contribution in [2.75, 3.05) is 6.54 Å². The fourth-order valence-corrected chi connectivity index (χ4v) is 5.04. The smallest absolute Gasteiger partial charge is 0.240 e. The summed E-state index contributed by atoms with van der Waals surface area (Å²) in [5.74, 6) is -0.955. The SMILES string of the molecule is O=C(CN1C(=O)C2CCCCC2C1=O)NC1(c2cccc(Br)c2)CCC1. The van der Waals surface area contributed by atoms with E-state index in [2.05, 4.69) is 21.2 Å². The number of halogens is 1. The Labute approximate surface area is 161 Å². The van der Waals surface area contributed by atoms with Crippen molar-refractivity contribution in [2.24, 2.45) is 11.8 Å². The number of rotatable bonds is 4. The largest absolute Gasteiger partial charge is 0.345 e. The highest BCUT2D eigenvalue weighted by atomic mass is 79.9. The Balaban J connectivity index is 1.47. The Morgan fingerprint density at radius 2 is 1.77 bits per heavy atom. The van der Waals surface area contributed by atoms with Crippen LogP contribution in [0.5, 0.6) is 0 Å². The van der Waals surface area contributed by atoms with Crippen molar-refractivity contribution in [2.45, 2.75) is 50.5 Å². The van der Waals surface area contributed by atoms with Crippen molar-refractivity contribution in [3.05, 3.63) is 34.3 Å². The van der Waals surface area contributed by atoms with Crippen molar-refractivity contribution < 1.29 is 14.4 Å². The predicted octanol–water partition coefficient (Wildman–Crippen LogP) is 3.12. The molecule has 0 spiro atoms. The van der Waals surface area contributed by atoms with Gasteiger partial charge in [-0.25, -0.2) is 0 Å². The molecule has 2 aliphatic carbocycles. The molecular formula is C20H23BrN2O3. The highest BCUT2D eigenvalue weighted by Gasteiger charge is 2.49. The number of fused-ring (bicyclic) bond motifs is 1. The molecule has 5 nitrogen and oxygen atoms in total. The average Bonchev–Trinajstić information content (AvgIpc) is 2.83. The first-order valence-corrected chi connectivity index (χ1v) is 10.2. The molecule has 3 amide bonds. The molecule has 4 rings (SSSR count). The third-order valence-electron chi connectivity index (χ3n) is 6.20. The summed E-state index contributed by atoms with van der Waals surface area (Å²) in [6.45, 7) is -0.152. The van der Waals surface area contributed by atoms with Gasteiger partial charge >= 0.3 is 0 Å². The van der Waals surface area contributed by atoms with E-state index in [4.69, 9.17) is 0 Å². The summed E-state index contributed by atoms with van der Waals surface area (Å²) in [5, 5.41) is 3.12. The van der Waals surface area contributed by atoms with Crippen LogP contribution in [0.15, 0.2) is 28.7 Å². The minimum absolute atomic E-state index is 0.152. The lowest BCUT2D eigenvalue weighted by Gasteiger charge is -2.43. The highest BCUT2D eigenvalue weighted by Crippen LogP contribution is 2.42. The predicted molar refractivity (Wildman–Crippen MR) is 100.0 cm³/mol. The minimum Gasteiger partial charge on any atom is -0.345 e. The lowest BCUT2D eigenvalue weighted by molar-refractivity contribution is -0.144. The van der Waals surface area contributed by atoms with Gasteiger partial charge in [-0.15, -0.1) is 0 Å². The Morgan fingerprint density at radius 3 is 2.31 bits per heavy atom. The van der Waals surface area contributed by atoms with Crippen LogP contribution in [0.3, 0.4) is 0 Å². The van der Waals surface area contributed by atoms with E-state index in [1.165, 1.54) is 4.90 Å². The molecule has 2 atom stereocenters. The molecule has 0 aromatic heterocycles. The average molecular weight is 419 g/mol. The van der Waals surface area contributed by atoms with Crippen molar-refractivity contribution in [1.82, 2.24) is 10.2 Å². The Kier molecular flexibility index (Phi) is 4.63. The third kappa shape index (κ3) is 2.98. The molecule has 1 saturated heterocycles. The molecule has 26 heavy (non-hydrogen) atoms. The van der Waals surface area contributed by atoms with Gasteiger partial charge in [0.25, 0.3) is 0 Å². The monoisotopic (exact) mass is 418 g/mol. The van der Waals surface area contributed by atoms with Gasteiger partial charge in [0.2, 0.25) is 17.7 Å². The van der Waals surface area contributed by atoms with Crippen LogP contribution in [0.2, 0.25) is 0 Å². The number of carbonyl (C=O) groups is 3. The zero-order valence-electron chi connectivity index (χ0n) is 14.7. The number of amides is 3. The minimum atomic E-state index is -0.376. The molecule has 3 aliphatic rings. The van der Waals surface area contributed by atoms with Gasteiger partial charge in [-0.2, -0.15) is 0 Å². The maximum absolute atomic E-state index is 12.7. The van der Waals surface area contributed by atoms with Gasteiger partial charge in [0.15, 0.2) is 0 Å². The summed E-state index contributed by atoms with van der Waals surface area (Å²) in [6.07, 6.45) is 6.34. The van der Waals surface area contributed by atoms with Crippen molar-refractivity contribution in [3.8, 4) is 0 Å². The molecule has 2 unspecified atom stereocenters. The zero-order valence-corrected chi connectivity index (χ0v) is 16.3. The van der Waals surface area contributed by atoms with Gasteiger partial charge in [-0.1, -0.05) is 40.9 Å². The van der Waals surface area contributed by atoms with Crippen LogP contribution in [0.1, 0.15) is 50.5 Å². The number of nitrogens with zero attached hydrogens (tertiary/aromatic N) is 1. The normalized spacial score (nSPS) is 27.0. The van der Waals surface area contributed by atoms with E-state index in [-0.39, 0.29) is 41.6 Å². The first-order valence-electron chi connectivity index (χ1n) is 9.42. The van der Waals surface area contributed by atoms with E-state index in [9.17, 15) is 14.4 Å². The molecule has 1 N–H and O–H groups in total. The lowest BCUT2D eigenvalue weighted by Crippen LogP contribution is -2.53. The quantitative estimate of drug-likeness (QED) is 0.763. The summed E-state index contributed by atoms with van der Waals surface area (Å²) in [5.41, 5.74) is 0.693. The number of benzene rings is 1. The first-order chi connectivity index (χ1) is 12.5. The molecule has 1 aromatic carbocycles. The van der Waals surface area contributed by atoms with Crippen molar-refractivity contribution in [1.29, 1.82) is 0 Å². The van der Waals surface area contributed by atoms with E-state index in [1.54, 1.807) is 0 Å². The van der Waals surface area contributed by atoms with Crippen LogP contribution in [-0.4, -0.2) is 29.2 Å². The molecule has 2 saturated carbocycles. The molecule has 3 fully saturated rings. The van der Waals surface area contributed by atoms with E-state index in [0.29, 0.717) is 0 Å². The summed E-state index contributed by atoms with van der Waals surface area (Å²) in [6, 6.07) is 7.97. The second-order valence-electron chi connectivity index (χ2n) is 7.75. The summed E-state index contributed by atoms with van der Waals surface area (Å²) < 4.78 is 0.976. The summed E-state index contributed by atoms with van der Waals surface area (Å²) in [4.78, 5) is 39.0. The molecule has 1 heterocycles. The third-order valence-corrected chi connectivity index (χ3v) is 6.69. The van der Waals surface area contributed by atoms with Crippen molar-refractivity contribution >= 4 is 33.7 Å². The number of likely N-dealkylation sites (tertiary alicyclic amines) is 1. The highest BCUT2D eigenvalue weighted by molar-refractivity contribution is 9.10. The second-order valence-corrected chi connectivity index (χ2v) is 8.67. The zero-order chi connectivity index (χ0) is 18.3. The number of hydrogen-bond acceptors (Lipinski definition) is 3. The van der Waals surface area contributed by atoms with Crippen LogP contribution < -0.4 is 5.32 Å². The fraction of sp³-hybridized carbons (Fsp3) is 0.550. The molecule has 0 radical (unpaired) electrons. The maximum Gasteiger partial charge on any atom is 0.240 e. The summed E-state index contributed by atoms with van der Waals surface area (Å²) in [7, 11) is 0. The van der Waals surface area contributed by atoms with Crippen LogP contribution in [0.25, 0.3) is 0 Å². The Hall–Kier alpha value is -1.69. The fourth-order valence-electron chi connectivity index (χ4n) is 4.64. The van der Waals surface area contributed by atoms with Gasteiger partial charge in [-0.05, 0) is 49.8 Å². The molecule has 0 bridgehead atoms. The van der Waals surface area contributed by atoms with Crippen molar-refractivity contribution in [3.63, 3.8) is 0 Å². The van der Waals surface area contributed by atoms with Crippen LogP contribution in [0, 0.1) is 11.8 Å². The topological polar surface area (TPSA) is 66.5 Å². The van der Waals surface area contributed by atoms with Crippen LogP contribution >= 0.6 is 15.9 Å². The van der Waals surface area contributed by atoms with Gasteiger partial charge in [-0.3, -0.25) is 19.3 Å². The Morgan fingerprint density at radius 1 is 1.12 bits per heavy atom. The van der Waals surface area contributed by atoms with E-state index in [0.717, 1.165) is 55.0 Å². The summed E-state index contributed by atoms with van der Waals surface area (Å²) >= 11 is 3.49. The standard InChI is InChI=1S/C20H23BrN2O3/c21-14-6-3-5-13(11-14)20(9-4-10-20)22-17(24)12-23-18(25)15-7-1-2-8-16(15)19(23)26/h3,5-6,11,15-16H,1-2,4,7-10,12H2,(H,22,24). The first kappa shape index (κ1) is 17.7. The van der Waals surface area contributed by atoms with E-state index in [1.807, 2.05) is 24.3 Å². The van der Waals surface area contributed by atoms with Gasteiger partial charge < -0.3 is 5.32 Å². The molecule has 1 aliphatic heterocycles. The van der Waals surface area contributed by atoms with Gasteiger partial charge in [0.1, 0.15) is 6.54 Å². The van der Waals surface area contributed by atoms with Crippen LogP contribution in [-0.2, 0) is 19.9 Å². The van der Waals surface area contributed by atoms with Crippen LogP contribution in [0.4, 0.5) is 0 Å². The molecular weight excluding hydrogens is 396 g/mol. The van der Waals surface area contributed by atoms with E-state index >= 15 is 0 Å². The number of nitrogens with one attached hydrogen (secondary N) is 1. The van der Waals surface area contributed by atoms with Gasteiger partial charge in [0.05, 0.1) is 17.4 Å². The van der Waals surface area contributed by atoms with Gasteiger partial charge in [0, 0.05) is 4.47 Å². The Bertz CT molecular complexity index is 735. The number of carbonyl (C=O) groups excluding carboxylic acids is 3. The molecule has 1 aromatic rings. The lowest BCUT2D eigenvalue weighted by atomic mass is 9.72. The molecule has 138 valence electrons. The number of imide groups is 1.